The summed E-state index contributed by atoms with van der Waals surface area (Å²) in [6, 6.07) is 4.60. The standard InChI is InChI=1S/C16H16BrN3O3S/c1-3-9(2)24-14-8-18-13(7-19-14)15(21)20-12-5-4-10(17)6-11(12)16(22)23/h4-9H,3H2,1-2H3,(H,20,21)(H,22,23). The Labute approximate surface area is 152 Å². The average Bonchev–Trinajstić information content (AvgIpc) is 2.56. The molecule has 2 N–H and O–H groups in total. The molecule has 2 rings (SSSR count). The minimum absolute atomic E-state index is 0.00497. The number of carboxylic acids is 1. The van der Waals surface area contributed by atoms with E-state index in [9.17, 15) is 14.7 Å². The summed E-state index contributed by atoms with van der Waals surface area (Å²) in [4.78, 5) is 31.8. The van der Waals surface area contributed by atoms with Gasteiger partial charge in [-0.1, -0.05) is 29.8 Å². The topological polar surface area (TPSA) is 92.2 Å². The molecule has 126 valence electrons. The summed E-state index contributed by atoms with van der Waals surface area (Å²) in [7, 11) is 0. The highest BCUT2D eigenvalue weighted by atomic mass is 79.9. The number of carboxylic acid groups (broad SMARTS) is 1. The molecule has 8 heteroatoms. The van der Waals surface area contributed by atoms with Crippen LogP contribution in [-0.4, -0.2) is 32.2 Å². The van der Waals surface area contributed by atoms with Crippen LogP contribution in [0.25, 0.3) is 0 Å². The lowest BCUT2D eigenvalue weighted by molar-refractivity contribution is 0.0698. The summed E-state index contributed by atoms with van der Waals surface area (Å²) >= 11 is 4.80. The number of carbonyl (C=O) groups excluding carboxylic acids is 1. The number of aromatic carboxylic acids is 1. The Morgan fingerprint density at radius 2 is 2.08 bits per heavy atom. The van der Waals surface area contributed by atoms with Gasteiger partial charge in [0.25, 0.3) is 5.91 Å². The number of carbonyl (C=O) groups is 2. The van der Waals surface area contributed by atoms with Crippen molar-refractivity contribution in [2.45, 2.75) is 30.5 Å². The number of nitrogens with zero attached hydrogens (tertiary/aromatic N) is 2. The first-order valence-electron chi connectivity index (χ1n) is 7.23. The molecule has 0 aliphatic heterocycles. The lowest BCUT2D eigenvalue weighted by Gasteiger charge is -2.09. The van der Waals surface area contributed by atoms with Gasteiger partial charge < -0.3 is 10.4 Å². The molecule has 1 atom stereocenters. The molecule has 24 heavy (non-hydrogen) atoms. The third-order valence-electron chi connectivity index (χ3n) is 3.22. The third-order valence-corrected chi connectivity index (χ3v) is 4.90. The highest BCUT2D eigenvalue weighted by Crippen LogP contribution is 2.23. The van der Waals surface area contributed by atoms with Crippen molar-refractivity contribution in [1.29, 1.82) is 0 Å². The first-order valence-corrected chi connectivity index (χ1v) is 8.91. The number of hydrogen-bond donors (Lipinski definition) is 2. The molecular weight excluding hydrogens is 394 g/mol. The summed E-state index contributed by atoms with van der Waals surface area (Å²) in [5, 5.41) is 12.9. The van der Waals surface area contributed by atoms with E-state index in [1.165, 1.54) is 18.3 Å². The normalized spacial score (nSPS) is 11.8. The molecule has 0 saturated heterocycles. The second kappa shape index (κ2) is 8.25. The van der Waals surface area contributed by atoms with Crippen molar-refractivity contribution in [2.24, 2.45) is 0 Å². The number of nitrogens with one attached hydrogen (secondary N) is 1. The molecule has 0 spiro atoms. The molecule has 1 amide bonds. The van der Waals surface area contributed by atoms with Crippen LogP contribution in [0.15, 0.2) is 40.1 Å². The zero-order valence-corrected chi connectivity index (χ0v) is 15.5. The first-order chi connectivity index (χ1) is 11.4. The van der Waals surface area contributed by atoms with Crippen molar-refractivity contribution in [3.05, 3.63) is 46.3 Å². The zero-order valence-electron chi connectivity index (χ0n) is 13.1. The van der Waals surface area contributed by atoms with Crippen LogP contribution >= 0.6 is 27.7 Å². The molecule has 0 saturated carbocycles. The Kier molecular flexibility index (Phi) is 6.33. The van der Waals surface area contributed by atoms with E-state index in [1.54, 1.807) is 24.0 Å². The maximum Gasteiger partial charge on any atom is 0.337 e. The Bertz CT molecular complexity index is 753. The monoisotopic (exact) mass is 409 g/mol. The number of rotatable bonds is 6. The fourth-order valence-electron chi connectivity index (χ4n) is 1.77. The molecule has 1 aromatic carbocycles. The predicted molar refractivity (Wildman–Crippen MR) is 96.7 cm³/mol. The Hall–Kier alpha value is -1.93. The van der Waals surface area contributed by atoms with E-state index < -0.39 is 11.9 Å². The minimum Gasteiger partial charge on any atom is -0.478 e. The lowest BCUT2D eigenvalue weighted by Crippen LogP contribution is -2.16. The van der Waals surface area contributed by atoms with Gasteiger partial charge in [-0.25, -0.2) is 14.8 Å². The number of thioether (sulfide) groups is 1. The van der Waals surface area contributed by atoms with Crippen LogP contribution in [0.2, 0.25) is 0 Å². The number of benzene rings is 1. The van der Waals surface area contributed by atoms with Gasteiger partial charge in [0.2, 0.25) is 0 Å². The van der Waals surface area contributed by atoms with Gasteiger partial charge in [0.1, 0.15) is 10.7 Å². The van der Waals surface area contributed by atoms with Gasteiger partial charge in [-0.2, -0.15) is 0 Å². The van der Waals surface area contributed by atoms with E-state index in [1.807, 2.05) is 0 Å². The summed E-state index contributed by atoms with van der Waals surface area (Å²) in [6.45, 7) is 4.18. The molecule has 1 aromatic heterocycles. The van der Waals surface area contributed by atoms with Crippen LogP contribution in [0.5, 0.6) is 0 Å². The largest absolute Gasteiger partial charge is 0.478 e. The zero-order chi connectivity index (χ0) is 17.7. The number of amides is 1. The molecule has 0 bridgehead atoms. The summed E-state index contributed by atoms with van der Waals surface area (Å²) in [6.07, 6.45) is 3.95. The maximum atomic E-state index is 12.2. The highest BCUT2D eigenvalue weighted by molar-refractivity contribution is 9.10. The summed E-state index contributed by atoms with van der Waals surface area (Å²) < 4.78 is 0.615. The second-order valence-electron chi connectivity index (χ2n) is 5.03. The molecule has 0 radical (unpaired) electrons. The quantitative estimate of drug-likeness (QED) is 0.698. The van der Waals surface area contributed by atoms with Crippen LogP contribution in [0, 0.1) is 0 Å². The van der Waals surface area contributed by atoms with E-state index in [-0.39, 0.29) is 16.9 Å². The summed E-state index contributed by atoms with van der Waals surface area (Å²) in [5.41, 5.74) is 0.327. The lowest BCUT2D eigenvalue weighted by atomic mass is 10.2. The van der Waals surface area contributed by atoms with Crippen molar-refractivity contribution < 1.29 is 14.7 Å². The second-order valence-corrected chi connectivity index (χ2v) is 7.40. The molecule has 0 aliphatic rings. The SMILES string of the molecule is CCC(C)Sc1cnc(C(=O)Nc2ccc(Br)cc2C(=O)O)cn1. The Morgan fingerprint density at radius 1 is 1.33 bits per heavy atom. The Balaban J connectivity index is 2.14. The van der Waals surface area contributed by atoms with Crippen LogP contribution in [0.1, 0.15) is 41.1 Å². The minimum atomic E-state index is -1.13. The van der Waals surface area contributed by atoms with Crippen LogP contribution in [0.4, 0.5) is 5.69 Å². The van der Waals surface area contributed by atoms with Crippen LogP contribution < -0.4 is 5.32 Å². The molecule has 6 nitrogen and oxygen atoms in total. The summed E-state index contributed by atoms with van der Waals surface area (Å²) in [5.74, 6) is -1.63. The van der Waals surface area contributed by atoms with Crippen molar-refractivity contribution in [3.63, 3.8) is 0 Å². The van der Waals surface area contributed by atoms with E-state index >= 15 is 0 Å². The van der Waals surface area contributed by atoms with E-state index in [4.69, 9.17) is 0 Å². The third kappa shape index (κ3) is 4.78. The van der Waals surface area contributed by atoms with Gasteiger partial charge in [-0.05, 0) is 24.6 Å². The number of anilines is 1. The van der Waals surface area contributed by atoms with Gasteiger partial charge in [0, 0.05) is 9.72 Å². The smallest absolute Gasteiger partial charge is 0.337 e. The number of aromatic nitrogens is 2. The molecule has 2 aromatic rings. The molecule has 1 unspecified atom stereocenters. The predicted octanol–water partition coefficient (Wildman–Crippen LogP) is 4.08. The highest BCUT2D eigenvalue weighted by Gasteiger charge is 2.15. The number of halogens is 1. The average molecular weight is 410 g/mol. The molecule has 1 heterocycles. The van der Waals surface area contributed by atoms with Crippen molar-refractivity contribution in [1.82, 2.24) is 9.97 Å². The van der Waals surface area contributed by atoms with E-state index in [2.05, 4.69) is 45.1 Å². The molecular formula is C16H16BrN3O3S. The van der Waals surface area contributed by atoms with Gasteiger partial charge in [0.05, 0.1) is 23.6 Å². The Morgan fingerprint density at radius 3 is 2.67 bits per heavy atom. The first kappa shape index (κ1) is 18.4. The van der Waals surface area contributed by atoms with Crippen LogP contribution in [0.3, 0.4) is 0 Å². The van der Waals surface area contributed by atoms with E-state index in [0.29, 0.717) is 9.72 Å². The van der Waals surface area contributed by atoms with E-state index in [0.717, 1.165) is 11.4 Å². The van der Waals surface area contributed by atoms with Gasteiger partial charge >= 0.3 is 5.97 Å². The fourth-order valence-corrected chi connectivity index (χ4v) is 2.94. The van der Waals surface area contributed by atoms with Gasteiger partial charge in [-0.15, -0.1) is 11.8 Å². The van der Waals surface area contributed by atoms with Crippen LogP contribution in [-0.2, 0) is 0 Å². The number of hydrogen-bond acceptors (Lipinski definition) is 5. The molecule has 0 aliphatic carbocycles. The van der Waals surface area contributed by atoms with Gasteiger partial charge in [-0.3, -0.25) is 4.79 Å². The molecule has 0 fully saturated rings. The van der Waals surface area contributed by atoms with Crippen molar-refractivity contribution in [2.75, 3.05) is 5.32 Å². The van der Waals surface area contributed by atoms with Crippen molar-refractivity contribution >= 4 is 45.3 Å². The fraction of sp³-hybridized carbons (Fsp3) is 0.250. The maximum absolute atomic E-state index is 12.2. The van der Waals surface area contributed by atoms with Crippen molar-refractivity contribution in [3.8, 4) is 0 Å². The van der Waals surface area contributed by atoms with Gasteiger partial charge in [0.15, 0.2) is 0 Å².